The highest BCUT2D eigenvalue weighted by atomic mass is 32.2. The Bertz CT molecular complexity index is 1220. The fourth-order valence-corrected chi connectivity index (χ4v) is 4.39. The standard InChI is InChI=1S/C22H24N4O3S/c1-3-29-19-12-7-4-9-16(19)15-30-22-24-23-21-25(13-8-14-28-2)20(27)17-10-5-6-11-18(17)26(21)22/h4-7,9-12H,3,8,13-15H2,1-2H3. The first kappa shape index (κ1) is 20.4. The summed E-state index contributed by atoms with van der Waals surface area (Å²) >= 11 is 1.58. The molecule has 8 heteroatoms. The van der Waals surface area contributed by atoms with Gasteiger partial charge in [-0.15, -0.1) is 10.2 Å². The number of fused-ring (bicyclic) bond motifs is 3. The number of thioether (sulfide) groups is 1. The summed E-state index contributed by atoms with van der Waals surface area (Å²) in [5, 5.41) is 10.2. The van der Waals surface area contributed by atoms with Crippen LogP contribution in [0.1, 0.15) is 18.9 Å². The van der Waals surface area contributed by atoms with Crippen LogP contribution in [0.4, 0.5) is 0 Å². The van der Waals surface area contributed by atoms with E-state index < -0.39 is 0 Å². The molecule has 4 rings (SSSR count). The number of hydrogen-bond acceptors (Lipinski definition) is 6. The highest BCUT2D eigenvalue weighted by Crippen LogP contribution is 2.28. The van der Waals surface area contributed by atoms with Crippen molar-refractivity contribution in [1.82, 2.24) is 19.2 Å². The van der Waals surface area contributed by atoms with E-state index in [-0.39, 0.29) is 5.56 Å². The minimum atomic E-state index is -0.0557. The second-order valence-corrected chi connectivity index (χ2v) is 7.71. The van der Waals surface area contributed by atoms with Gasteiger partial charge < -0.3 is 9.47 Å². The van der Waals surface area contributed by atoms with E-state index >= 15 is 0 Å². The van der Waals surface area contributed by atoms with Crippen LogP contribution in [0.15, 0.2) is 58.5 Å². The van der Waals surface area contributed by atoms with Crippen molar-refractivity contribution in [3.8, 4) is 5.75 Å². The van der Waals surface area contributed by atoms with Crippen molar-refractivity contribution in [1.29, 1.82) is 0 Å². The Morgan fingerprint density at radius 2 is 1.87 bits per heavy atom. The van der Waals surface area contributed by atoms with E-state index in [0.29, 0.717) is 36.7 Å². The lowest BCUT2D eigenvalue weighted by molar-refractivity contribution is 0.190. The van der Waals surface area contributed by atoms with Gasteiger partial charge in [-0.3, -0.25) is 13.8 Å². The first-order chi connectivity index (χ1) is 14.7. The molecule has 0 unspecified atom stereocenters. The quantitative estimate of drug-likeness (QED) is 0.301. The molecular weight excluding hydrogens is 400 g/mol. The third-order valence-corrected chi connectivity index (χ3v) is 5.82. The average Bonchev–Trinajstić information content (AvgIpc) is 3.20. The van der Waals surface area contributed by atoms with Crippen LogP contribution in [-0.4, -0.2) is 39.5 Å². The molecule has 0 aliphatic rings. The van der Waals surface area contributed by atoms with Crippen molar-refractivity contribution in [2.24, 2.45) is 0 Å². The van der Waals surface area contributed by atoms with Gasteiger partial charge >= 0.3 is 0 Å². The van der Waals surface area contributed by atoms with Crippen molar-refractivity contribution >= 4 is 28.4 Å². The largest absolute Gasteiger partial charge is 0.494 e. The number of ether oxygens (including phenoxy) is 2. The molecule has 0 fully saturated rings. The summed E-state index contributed by atoms with van der Waals surface area (Å²) in [5.74, 6) is 2.12. The maximum atomic E-state index is 13.1. The summed E-state index contributed by atoms with van der Waals surface area (Å²) in [6.07, 6.45) is 0.724. The minimum Gasteiger partial charge on any atom is -0.494 e. The van der Waals surface area contributed by atoms with Gasteiger partial charge in [-0.05, 0) is 31.5 Å². The predicted octanol–water partition coefficient (Wildman–Crippen LogP) is 3.77. The Balaban J connectivity index is 1.76. The van der Waals surface area contributed by atoms with Crippen molar-refractivity contribution in [2.75, 3.05) is 20.3 Å². The third kappa shape index (κ3) is 3.93. The van der Waals surface area contributed by atoms with E-state index in [1.54, 1.807) is 23.4 Å². The predicted molar refractivity (Wildman–Crippen MR) is 118 cm³/mol. The molecule has 0 aliphatic heterocycles. The zero-order chi connectivity index (χ0) is 20.9. The molecule has 2 aromatic heterocycles. The number of methoxy groups -OCH3 is 1. The van der Waals surface area contributed by atoms with Crippen LogP contribution in [0.5, 0.6) is 5.75 Å². The van der Waals surface area contributed by atoms with E-state index in [4.69, 9.17) is 9.47 Å². The Hall–Kier alpha value is -2.84. The molecule has 7 nitrogen and oxygen atoms in total. The van der Waals surface area contributed by atoms with Crippen molar-refractivity contribution in [2.45, 2.75) is 30.8 Å². The molecule has 4 aromatic rings. The lowest BCUT2D eigenvalue weighted by atomic mass is 10.2. The maximum absolute atomic E-state index is 13.1. The smallest absolute Gasteiger partial charge is 0.262 e. The van der Waals surface area contributed by atoms with Crippen molar-refractivity contribution < 1.29 is 9.47 Å². The van der Waals surface area contributed by atoms with Crippen LogP contribution in [-0.2, 0) is 17.0 Å². The molecule has 2 heterocycles. The number of hydrogen-bond donors (Lipinski definition) is 0. The van der Waals surface area contributed by atoms with Gasteiger partial charge in [0, 0.05) is 31.6 Å². The van der Waals surface area contributed by atoms with Gasteiger partial charge in [0.2, 0.25) is 5.78 Å². The second-order valence-electron chi connectivity index (χ2n) is 6.77. The summed E-state index contributed by atoms with van der Waals surface area (Å²) in [5.41, 5.74) is 1.85. The molecule has 0 aliphatic carbocycles. The highest BCUT2D eigenvalue weighted by Gasteiger charge is 2.17. The van der Waals surface area contributed by atoms with Crippen molar-refractivity contribution in [3.63, 3.8) is 0 Å². The lowest BCUT2D eigenvalue weighted by Crippen LogP contribution is -2.24. The Morgan fingerprint density at radius 1 is 1.07 bits per heavy atom. The number of aryl methyl sites for hydroxylation is 1. The Morgan fingerprint density at radius 3 is 2.70 bits per heavy atom. The summed E-state index contributed by atoms with van der Waals surface area (Å²) in [6.45, 7) is 3.70. The maximum Gasteiger partial charge on any atom is 0.262 e. The molecule has 0 saturated carbocycles. The van der Waals surface area contributed by atoms with Crippen molar-refractivity contribution in [3.05, 3.63) is 64.4 Å². The summed E-state index contributed by atoms with van der Waals surface area (Å²) in [4.78, 5) is 13.1. The first-order valence-corrected chi connectivity index (χ1v) is 10.9. The van der Waals surface area contributed by atoms with Gasteiger partial charge in [0.05, 0.1) is 17.5 Å². The van der Waals surface area contributed by atoms with Gasteiger partial charge in [0.1, 0.15) is 5.75 Å². The van der Waals surface area contributed by atoms with Crippen LogP contribution in [0.2, 0.25) is 0 Å². The topological polar surface area (TPSA) is 70.7 Å². The fourth-order valence-electron chi connectivity index (χ4n) is 3.46. The number of para-hydroxylation sites is 2. The Labute approximate surface area is 178 Å². The summed E-state index contributed by atoms with van der Waals surface area (Å²) < 4.78 is 14.6. The van der Waals surface area contributed by atoms with E-state index in [0.717, 1.165) is 28.4 Å². The number of aromatic nitrogens is 4. The number of rotatable bonds is 9. The molecule has 0 radical (unpaired) electrons. The van der Waals surface area contributed by atoms with Crippen LogP contribution in [0.3, 0.4) is 0 Å². The zero-order valence-corrected chi connectivity index (χ0v) is 17.9. The van der Waals surface area contributed by atoms with Crippen LogP contribution in [0, 0.1) is 0 Å². The highest BCUT2D eigenvalue weighted by molar-refractivity contribution is 7.98. The number of benzene rings is 2. The van der Waals surface area contributed by atoms with Crippen LogP contribution >= 0.6 is 11.8 Å². The molecule has 0 N–H and O–H groups in total. The van der Waals surface area contributed by atoms with Crippen LogP contribution < -0.4 is 10.3 Å². The fraction of sp³-hybridized carbons (Fsp3) is 0.318. The summed E-state index contributed by atoms with van der Waals surface area (Å²) in [6, 6.07) is 15.6. The van der Waals surface area contributed by atoms with Gasteiger partial charge in [-0.2, -0.15) is 0 Å². The SMILES string of the molecule is CCOc1ccccc1CSc1nnc2n(CCCOC)c(=O)c3ccccc3n12. The van der Waals surface area contributed by atoms with Gasteiger partial charge in [-0.25, -0.2) is 0 Å². The normalized spacial score (nSPS) is 11.4. The molecule has 0 atom stereocenters. The summed E-state index contributed by atoms with van der Waals surface area (Å²) in [7, 11) is 1.66. The molecule has 156 valence electrons. The monoisotopic (exact) mass is 424 g/mol. The van der Waals surface area contributed by atoms with E-state index in [1.807, 2.05) is 53.8 Å². The second kappa shape index (κ2) is 9.32. The molecule has 0 bridgehead atoms. The van der Waals surface area contributed by atoms with E-state index in [9.17, 15) is 4.79 Å². The number of nitrogens with zero attached hydrogens (tertiary/aromatic N) is 4. The molecule has 2 aromatic carbocycles. The molecular formula is C22H24N4O3S. The van der Waals surface area contributed by atoms with E-state index in [1.165, 1.54) is 0 Å². The average molecular weight is 425 g/mol. The molecule has 0 saturated heterocycles. The van der Waals surface area contributed by atoms with E-state index in [2.05, 4.69) is 16.3 Å². The van der Waals surface area contributed by atoms with Gasteiger partial charge in [0.15, 0.2) is 5.16 Å². The Kier molecular flexibility index (Phi) is 6.35. The van der Waals surface area contributed by atoms with Crippen LogP contribution in [0.25, 0.3) is 16.7 Å². The molecule has 0 amide bonds. The third-order valence-electron chi connectivity index (χ3n) is 4.84. The van der Waals surface area contributed by atoms with Gasteiger partial charge in [0.25, 0.3) is 5.56 Å². The molecule has 0 spiro atoms. The van der Waals surface area contributed by atoms with Gasteiger partial charge in [-0.1, -0.05) is 42.1 Å². The lowest BCUT2D eigenvalue weighted by Gasteiger charge is -2.12. The molecule has 30 heavy (non-hydrogen) atoms. The minimum absolute atomic E-state index is 0.0557. The zero-order valence-electron chi connectivity index (χ0n) is 17.1. The first-order valence-electron chi connectivity index (χ1n) is 9.93.